The zero-order chi connectivity index (χ0) is 30.4. The van der Waals surface area contributed by atoms with Crippen molar-refractivity contribution in [2.75, 3.05) is 0 Å². The van der Waals surface area contributed by atoms with E-state index in [0.717, 1.165) is 49.2 Å². The van der Waals surface area contributed by atoms with Crippen LogP contribution in [0.1, 0.15) is 22.3 Å². The zero-order valence-corrected chi connectivity index (χ0v) is 26.0. The number of fused-ring (bicyclic) bond motifs is 2. The van der Waals surface area contributed by atoms with Gasteiger partial charge in [0.1, 0.15) is 5.15 Å². The predicted molar refractivity (Wildman–Crippen MR) is 179 cm³/mol. The highest BCUT2D eigenvalue weighted by molar-refractivity contribution is 6.58. The van der Waals surface area contributed by atoms with Gasteiger partial charge in [0.15, 0.2) is 0 Å². The quantitative estimate of drug-likeness (QED) is 0.151. The van der Waals surface area contributed by atoms with Crippen molar-refractivity contribution in [1.29, 1.82) is 0 Å². The molecule has 0 fully saturated rings. The minimum absolute atomic E-state index is 0.491. The average molecular weight is 616 g/mol. The van der Waals surface area contributed by atoms with Gasteiger partial charge >= 0.3 is 7.12 Å². The summed E-state index contributed by atoms with van der Waals surface area (Å²) in [7, 11) is -1.35. The Hall–Kier alpha value is -3.45. The number of hydrogen-bond acceptors (Lipinski definition) is 4. The molecule has 6 aromatic rings. The summed E-state index contributed by atoms with van der Waals surface area (Å²) < 4.78 is 0. The maximum Gasteiger partial charge on any atom is 0.488 e. The van der Waals surface area contributed by atoms with Gasteiger partial charge in [0, 0.05) is 26.4 Å². The molecule has 6 rings (SSSR count). The lowest BCUT2D eigenvalue weighted by molar-refractivity contribution is 0.425. The highest BCUT2D eigenvalue weighted by Gasteiger charge is 2.10. The number of aromatic nitrogens is 2. The maximum atomic E-state index is 8.83. The highest BCUT2D eigenvalue weighted by atomic mass is 35.5. The van der Waals surface area contributed by atoms with E-state index in [-0.39, 0.29) is 0 Å². The molecule has 4 aromatic carbocycles. The SMILES string of the molecule is Cc1cc(C)cc(-c2ccc3c(Cl)cccc3n2)c1.Cc1cc(C)cc(B(O)O)c1.Clc1ccc2c(Cl)cccc2n1. The van der Waals surface area contributed by atoms with Gasteiger partial charge in [-0.3, -0.25) is 0 Å². The Labute approximate surface area is 261 Å². The van der Waals surface area contributed by atoms with Crippen LogP contribution in [-0.4, -0.2) is 27.1 Å². The third-order valence-corrected chi connectivity index (χ3v) is 7.25. The van der Waals surface area contributed by atoms with Gasteiger partial charge in [-0.15, -0.1) is 0 Å². The fourth-order valence-electron chi connectivity index (χ4n) is 4.65. The van der Waals surface area contributed by atoms with Crippen LogP contribution in [0.25, 0.3) is 33.1 Å². The fraction of sp³-hybridized carbons (Fsp3) is 0.118. The Morgan fingerprint density at radius 3 is 1.55 bits per heavy atom. The molecule has 0 unspecified atom stereocenters. The van der Waals surface area contributed by atoms with Gasteiger partial charge in [0.05, 0.1) is 16.7 Å². The summed E-state index contributed by atoms with van der Waals surface area (Å²) in [6.07, 6.45) is 0. The molecule has 0 aliphatic carbocycles. The summed E-state index contributed by atoms with van der Waals surface area (Å²) in [6.45, 7) is 8.07. The molecule has 0 atom stereocenters. The van der Waals surface area contributed by atoms with Crippen LogP contribution < -0.4 is 5.46 Å². The topological polar surface area (TPSA) is 66.2 Å². The number of nitrogens with zero attached hydrogens (tertiary/aromatic N) is 2. The van der Waals surface area contributed by atoms with Gasteiger partial charge in [-0.05, 0) is 93.8 Å². The molecule has 0 saturated carbocycles. The molecule has 0 saturated heterocycles. The monoisotopic (exact) mass is 614 g/mol. The number of benzene rings is 4. The molecule has 8 heteroatoms. The molecular formula is C34H30BCl3N2O2. The summed E-state index contributed by atoms with van der Waals surface area (Å²) in [6, 6.07) is 31.1. The molecule has 212 valence electrons. The van der Waals surface area contributed by atoms with E-state index in [1.165, 1.54) is 11.1 Å². The molecule has 42 heavy (non-hydrogen) atoms. The Balaban J connectivity index is 0.000000153. The van der Waals surface area contributed by atoms with E-state index in [9.17, 15) is 0 Å². The fourth-order valence-corrected chi connectivity index (χ4v) is 5.27. The number of rotatable bonds is 2. The van der Waals surface area contributed by atoms with Gasteiger partial charge in [-0.2, -0.15) is 0 Å². The lowest BCUT2D eigenvalue weighted by Crippen LogP contribution is -2.30. The molecule has 0 aliphatic heterocycles. The van der Waals surface area contributed by atoms with Crippen LogP contribution in [0.2, 0.25) is 15.2 Å². The van der Waals surface area contributed by atoms with E-state index in [1.54, 1.807) is 18.2 Å². The summed E-state index contributed by atoms with van der Waals surface area (Å²) in [5.74, 6) is 0. The van der Waals surface area contributed by atoms with Crippen molar-refractivity contribution in [3.63, 3.8) is 0 Å². The van der Waals surface area contributed by atoms with E-state index in [4.69, 9.17) is 49.8 Å². The van der Waals surface area contributed by atoms with Crippen LogP contribution in [0.4, 0.5) is 0 Å². The normalized spacial score (nSPS) is 10.5. The number of pyridine rings is 2. The van der Waals surface area contributed by atoms with E-state index >= 15 is 0 Å². The van der Waals surface area contributed by atoms with Crippen molar-refractivity contribution in [1.82, 2.24) is 9.97 Å². The summed E-state index contributed by atoms with van der Waals surface area (Å²) in [4.78, 5) is 8.82. The van der Waals surface area contributed by atoms with Crippen molar-refractivity contribution in [2.45, 2.75) is 27.7 Å². The van der Waals surface area contributed by atoms with Crippen molar-refractivity contribution in [3.8, 4) is 11.3 Å². The maximum absolute atomic E-state index is 8.83. The minimum Gasteiger partial charge on any atom is -0.423 e. The lowest BCUT2D eigenvalue weighted by Gasteiger charge is -2.06. The largest absolute Gasteiger partial charge is 0.488 e. The van der Waals surface area contributed by atoms with Crippen LogP contribution in [0, 0.1) is 27.7 Å². The number of hydrogen-bond donors (Lipinski definition) is 2. The van der Waals surface area contributed by atoms with Crippen LogP contribution >= 0.6 is 34.8 Å². The minimum atomic E-state index is -1.35. The molecule has 0 radical (unpaired) electrons. The molecular weight excluding hydrogens is 586 g/mol. The zero-order valence-electron chi connectivity index (χ0n) is 23.7. The third kappa shape index (κ3) is 8.31. The predicted octanol–water partition coefficient (Wildman–Crippen LogP) is 8.70. The molecule has 0 bridgehead atoms. The second-order valence-corrected chi connectivity index (χ2v) is 11.3. The molecule has 0 aliphatic rings. The molecule has 2 N–H and O–H groups in total. The van der Waals surface area contributed by atoms with Crippen molar-refractivity contribution in [2.24, 2.45) is 0 Å². The smallest absolute Gasteiger partial charge is 0.423 e. The first-order chi connectivity index (χ1) is 20.0. The second kappa shape index (κ2) is 14.1. The van der Waals surface area contributed by atoms with E-state index in [1.807, 2.05) is 74.5 Å². The lowest BCUT2D eigenvalue weighted by atomic mass is 9.79. The first kappa shape index (κ1) is 31.5. The van der Waals surface area contributed by atoms with Crippen molar-refractivity contribution in [3.05, 3.63) is 135 Å². The van der Waals surface area contributed by atoms with Crippen LogP contribution in [-0.2, 0) is 0 Å². The first-order valence-corrected chi connectivity index (χ1v) is 14.4. The van der Waals surface area contributed by atoms with E-state index < -0.39 is 7.12 Å². The number of aryl methyl sites for hydroxylation is 4. The number of halogens is 3. The highest BCUT2D eigenvalue weighted by Crippen LogP contribution is 2.27. The molecule has 4 nitrogen and oxygen atoms in total. The van der Waals surface area contributed by atoms with Crippen molar-refractivity contribution >= 4 is 69.2 Å². The van der Waals surface area contributed by atoms with E-state index in [2.05, 4.69) is 37.0 Å². The Bertz CT molecular complexity index is 1820. The molecule has 0 spiro atoms. The van der Waals surface area contributed by atoms with Gasteiger partial charge < -0.3 is 10.0 Å². The molecule has 0 amide bonds. The van der Waals surface area contributed by atoms with Crippen LogP contribution in [0.5, 0.6) is 0 Å². The molecule has 2 heterocycles. The summed E-state index contributed by atoms with van der Waals surface area (Å²) in [5.41, 5.74) is 9.06. The molecule has 2 aromatic heterocycles. The standard InChI is InChI=1S/C17H14ClN.C9H5Cl2N.C8H11BO2/c1-11-8-12(2)10-13(9-11)16-7-6-14-15(18)4-3-5-17(14)19-16;10-7-2-1-3-8-6(7)4-5-9(11)12-8;1-6-3-7(2)5-8(4-6)9(10)11/h3-10H,1-2H3;1-5H;3-5,10-11H,1-2H3. The summed E-state index contributed by atoms with van der Waals surface area (Å²) >= 11 is 17.8. The van der Waals surface area contributed by atoms with Gasteiger partial charge in [-0.25, -0.2) is 9.97 Å². The second-order valence-electron chi connectivity index (χ2n) is 10.1. The van der Waals surface area contributed by atoms with Gasteiger partial charge in [0.2, 0.25) is 0 Å². The van der Waals surface area contributed by atoms with Crippen LogP contribution in [0.15, 0.2) is 97.1 Å². The van der Waals surface area contributed by atoms with E-state index in [0.29, 0.717) is 15.6 Å². The van der Waals surface area contributed by atoms with Crippen molar-refractivity contribution < 1.29 is 10.0 Å². The summed E-state index contributed by atoms with van der Waals surface area (Å²) in [5, 5.41) is 21.5. The Kier molecular flexibility index (Phi) is 10.6. The van der Waals surface area contributed by atoms with Crippen LogP contribution in [0.3, 0.4) is 0 Å². The third-order valence-electron chi connectivity index (χ3n) is 6.38. The van der Waals surface area contributed by atoms with Gasteiger partial charge in [0.25, 0.3) is 0 Å². The van der Waals surface area contributed by atoms with Gasteiger partial charge in [-0.1, -0.05) is 93.5 Å². The average Bonchev–Trinajstić information content (AvgIpc) is 2.93. The Morgan fingerprint density at radius 1 is 0.548 bits per heavy atom. The Morgan fingerprint density at radius 2 is 1.02 bits per heavy atom. The first-order valence-electron chi connectivity index (χ1n) is 13.3.